The molecule has 0 bridgehead atoms. The Hall–Kier alpha value is -3.44. The van der Waals surface area contributed by atoms with Gasteiger partial charge in [0.15, 0.2) is 0 Å². The van der Waals surface area contributed by atoms with Crippen LogP contribution in [0.25, 0.3) is 16.7 Å². The maximum atomic E-state index is 12.8. The van der Waals surface area contributed by atoms with Crippen LogP contribution in [0.1, 0.15) is 22.5 Å². The smallest absolute Gasteiger partial charge is 0.277 e. The van der Waals surface area contributed by atoms with E-state index < -0.39 is 0 Å². The molecule has 11 heteroatoms. The highest BCUT2D eigenvalue weighted by molar-refractivity contribution is 7.12. The topological polar surface area (TPSA) is 113 Å². The summed E-state index contributed by atoms with van der Waals surface area (Å²) < 4.78 is 3.43. The van der Waals surface area contributed by atoms with Crippen molar-refractivity contribution in [1.29, 1.82) is 0 Å². The minimum atomic E-state index is -0.262. The van der Waals surface area contributed by atoms with Gasteiger partial charge in [-0.05, 0) is 45.1 Å². The Labute approximate surface area is 187 Å². The minimum Gasteiger partial charge on any atom is -0.349 e. The summed E-state index contributed by atoms with van der Waals surface area (Å²) in [5.41, 5.74) is 2.25. The van der Waals surface area contributed by atoms with Crippen LogP contribution < -0.4 is 16.2 Å². The van der Waals surface area contributed by atoms with Crippen LogP contribution in [0.2, 0.25) is 0 Å². The van der Waals surface area contributed by atoms with E-state index in [0.717, 1.165) is 31.6 Å². The van der Waals surface area contributed by atoms with Gasteiger partial charge in [-0.15, -0.1) is 11.3 Å². The van der Waals surface area contributed by atoms with Crippen LogP contribution in [-0.2, 0) is 7.05 Å². The lowest BCUT2D eigenvalue weighted by Crippen LogP contribution is -2.43. The molecule has 1 amide bonds. The molecule has 166 valence electrons. The van der Waals surface area contributed by atoms with Crippen molar-refractivity contribution in [1.82, 2.24) is 34.5 Å². The summed E-state index contributed by atoms with van der Waals surface area (Å²) in [5.74, 6) is 0.259. The van der Waals surface area contributed by atoms with Crippen LogP contribution >= 0.6 is 11.3 Å². The lowest BCUT2D eigenvalue weighted by Gasteiger charge is -2.29. The Bertz CT molecular complexity index is 1330. The molecule has 5 heterocycles. The number of thiophene rings is 1. The van der Waals surface area contributed by atoms with Crippen LogP contribution in [0.3, 0.4) is 0 Å². The van der Waals surface area contributed by atoms with E-state index in [1.807, 2.05) is 18.6 Å². The lowest BCUT2D eigenvalue weighted by atomic mass is 10.1. The predicted molar refractivity (Wildman–Crippen MR) is 124 cm³/mol. The number of fused-ring (bicyclic) bond motifs is 1. The molecule has 3 N–H and O–H groups in total. The molecule has 0 radical (unpaired) electrons. The zero-order valence-electron chi connectivity index (χ0n) is 17.8. The van der Waals surface area contributed by atoms with Gasteiger partial charge in [-0.25, -0.2) is 4.98 Å². The highest BCUT2D eigenvalue weighted by Crippen LogP contribution is 2.23. The van der Waals surface area contributed by atoms with Gasteiger partial charge in [0, 0.05) is 30.9 Å². The van der Waals surface area contributed by atoms with Gasteiger partial charge in [0.25, 0.3) is 11.5 Å². The van der Waals surface area contributed by atoms with Crippen LogP contribution in [0.15, 0.2) is 40.9 Å². The summed E-state index contributed by atoms with van der Waals surface area (Å²) >= 11 is 1.36. The van der Waals surface area contributed by atoms with Gasteiger partial charge in [0.1, 0.15) is 5.52 Å². The van der Waals surface area contributed by atoms with Gasteiger partial charge in [0.05, 0.1) is 28.0 Å². The number of anilines is 2. The molecule has 0 saturated carbocycles. The summed E-state index contributed by atoms with van der Waals surface area (Å²) in [5, 5.41) is 12.2. The number of hydrogen-bond acceptors (Lipinski definition) is 7. The van der Waals surface area contributed by atoms with Crippen molar-refractivity contribution in [3.8, 4) is 5.69 Å². The van der Waals surface area contributed by atoms with Crippen molar-refractivity contribution in [3.05, 3.63) is 51.3 Å². The third-order valence-electron chi connectivity index (χ3n) is 5.65. The Morgan fingerprint density at radius 3 is 2.84 bits per heavy atom. The molecule has 5 rings (SSSR count). The second-order valence-corrected chi connectivity index (χ2v) is 8.99. The maximum absolute atomic E-state index is 12.8. The van der Waals surface area contributed by atoms with Gasteiger partial charge < -0.3 is 20.1 Å². The molecule has 4 aromatic rings. The number of aromatic amines is 1. The number of carbonyl (C=O) groups excluding carboxylic acids is 1. The zero-order valence-corrected chi connectivity index (χ0v) is 18.6. The number of aromatic nitrogens is 5. The molecule has 32 heavy (non-hydrogen) atoms. The normalized spacial score (nSPS) is 15.3. The summed E-state index contributed by atoms with van der Waals surface area (Å²) in [6.45, 7) is 1.98. The van der Waals surface area contributed by atoms with Crippen molar-refractivity contribution < 1.29 is 4.79 Å². The molecular weight excluding hydrogens is 428 g/mol. The molecule has 0 unspecified atom stereocenters. The lowest BCUT2D eigenvalue weighted by molar-refractivity contribution is 0.0921. The standard InChI is InChI=1S/C21H24N8O2S/c1-27-6-3-13(4-7-27)23-19(30)17-9-14(12-32-17)24-21-25-16-5-8-29(18(16)20(31)26-21)15-10-22-28(2)11-15/h5,8-13H,3-4,6-7H2,1-2H3,(H,23,30)(H2,24,25,26,31). The Kier molecular flexibility index (Phi) is 5.27. The van der Waals surface area contributed by atoms with E-state index in [1.165, 1.54) is 11.3 Å². The maximum Gasteiger partial charge on any atom is 0.277 e. The van der Waals surface area contributed by atoms with Crippen molar-refractivity contribution in [3.63, 3.8) is 0 Å². The fourth-order valence-corrected chi connectivity index (χ4v) is 4.67. The number of amides is 1. The summed E-state index contributed by atoms with van der Waals surface area (Å²) in [7, 11) is 3.92. The Morgan fingerprint density at radius 2 is 2.09 bits per heavy atom. The van der Waals surface area contributed by atoms with Gasteiger partial charge >= 0.3 is 0 Å². The quantitative estimate of drug-likeness (QED) is 0.427. The van der Waals surface area contributed by atoms with Crippen LogP contribution in [0.5, 0.6) is 0 Å². The molecule has 0 aromatic carbocycles. The van der Waals surface area contributed by atoms with E-state index in [2.05, 4.69) is 37.6 Å². The summed E-state index contributed by atoms with van der Waals surface area (Å²) in [6, 6.07) is 3.78. The van der Waals surface area contributed by atoms with E-state index in [9.17, 15) is 9.59 Å². The van der Waals surface area contributed by atoms with Gasteiger partial charge in [0.2, 0.25) is 5.95 Å². The number of piperidine rings is 1. The van der Waals surface area contributed by atoms with Crippen LogP contribution in [-0.4, -0.2) is 61.3 Å². The number of H-pyrrole nitrogens is 1. The fraction of sp³-hybridized carbons (Fsp3) is 0.333. The molecule has 10 nitrogen and oxygen atoms in total. The average Bonchev–Trinajstić information content (AvgIpc) is 3.49. The zero-order chi connectivity index (χ0) is 22.2. The van der Waals surface area contributed by atoms with E-state index in [-0.39, 0.29) is 17.5 Å². The molecular formula is C21H24N8O2S. The largest absolute Gasteiger partial charge is 0.349 e. The highest BCUT2D eigenvalue weighted by atomic mass is 32.1. The monoisotopic (exact) mass is 452 g/mol. The third kappa shape index (κ3) is 4.04. The summed E-state index contributed by atoms with van der Waals surface area (Å²) in [4.78, 5) is 35.6. The number of rotatable bonds is 5. The van der Waals surface area contributed by atoms with Crippen LogP contribution in [0, 0.1) is 0 Å². The third-order valence-corrected chi connectivity index (χ3v) is 6.58. The number of hydrogen-bond donors (Lipinski definition) is 3. The number of nitrogens with zero attached hydrogens (tertiary/aromatic N) is 5. The van der Waals surface area contributed by atoms with E-state index >= 15 is 0 Å². The van der Waals surface area contributed by atoms with Crippen molar-refractivity contribution >= 4 is 39.9 Å². The molecule has 1 aliphatic heterocycles. The van der Waals surface area contributed by atoms with E-state index in [0.29, 0.717) is 27.5 Å². The average molecular weight is 453 g/mol. The first-order valence-corrected chi connectivity index (χ1v) is 11.3. The van der Waals surface area contributed by atoms with Gasteiger partial charge in [-0.2, -0.15) is 5.10 Å². The Balaban J connectivity index is 1.31. The molecule has 1 saturated heterocycles. The van der Waals surface area contributed by atoms with E-state index in [4.69, 9.17) is 0 Å². The fourth-order valence-electron chi connectivity index (χ4n) is 3.93. The van der Waals surface area contributed by atoms with Crippen molar-refractivity contribution in [2.24, 2.45) is 7.05 Å². The molecule has 0 spiro atoms. The molecule has 4 aromatic heterocycles. The number of likely N-dealkylation sites (tertiary alicyclic amines) is 1. The van der Waals surface area contributed by atoms with Crippen molar-refractivity contribution in [2.45, 2.75) is 18.9 Å². The minimum absolute atomic E-state index is 0.0666. The SMILES string of the molecule is CN1CCC(NC(=O)c2cc(Nc3nc4ccn(-c5cnn(C)c5)c4c(=O)[nH]3)cs2)CC1. The van der Waals surface area contributed by atoms with Gasteiger partial charge in [-0.1, -0.05) is 0 Å². The predicted octanol–water partition coefficient (Wildman–Crippen LogP) is 2.08. The first kappa shape index (κ1) is 20.5. The number of carbonyl (C=O) groups is 1. The molecule has 0 aliphatic carbocycles. The number of aryl methyl sites for hydroxylation is 1. The second kappa shape index (κ2) is 8.24. The first-order valence-electron chi connectivity index (χ1n) is 10.4. The van der Waals surface area contributed by atoms with Crippen molar-refractivity contribution in [2.75, 3.05) is 25.5 Å². The summed E-state index contributed by atoms with van der Waals surface area (Å²) in [6.07, 6.45) is 7.23. The number of nitrogens with one attached hydrogen (secondary N) is 3. The van der Waals surface area contributed by atoms with E-state index in [1.54, 1.807) is 33.8 Å². The van der Waals surface area contributed by atoms with Gasteiger partial charge in [-0.3, -0.25) is 19.3 Å². The molecule has 0 atom stereocenters. The highest BCUT2D eigenvalue weighted by Gasteiger charge is 2.20. The first-order chi connectivity index (χ1) is 15.5. The Morgan fingerprint density at radius 1 is 1.28 bits per heavy atom. The molecule has 1 fully saturated rings. The molecule has 1 aliphatic rings. The van der Waals surface area contributed by atoms with Crippen LogP contribution in [0.4, 0.5) is 11.6 Å². The second-order valence-electron chi connectivity index (χ2n) is 8.08.